The lowest BCUT2D eigenvalue weighted by molar-refractivity contribution is -0.136. The summed E-state index contributed by atoms with van der Waals surface area (Å²) >= 11 is 0. The van der Waals surface area contributed by atoms with Crippen molar-refractivity contribution in [1.29, 1.82) is 0 Å². The molecule has 0 saturated carbocycles. The first-order valence-electron chi connectivity index (χ1n) is 9.50. The molecule has 1 fully saturated rings. The zero-order valence-corrected chi connectivity index (χ0v) is 16.2. The van der Waals surface area contributed by atoms with Gasteiger partial charge in [0.2, 0.25) is 11.8 Å². The van der Waals surface area contributed by atoms with E-state index >= 15 is 0 Å². The van der Waals surface area contributed by atoms with Gasteiger partial charge in [0.1, 0.15) is 6.04 Å². The molecule has 1 unspecified atom stereocenters. The molecular weight excluding hydrogens is 370 g/mol. The zero-order valence-electron chi connectivity index (χ0n) is 16.2. The number of benzene rings is 2. The number of piperidine rings is 1. The predicted molar refractivity (Wildman–Crippen MR) is 106 cm³/mol. The van der Waals surface area contributed by atoms with Gasteiger partial charge in [0.15, 0.2) is 0 Å². The van der Waals surface area contributed by atoms with E-state index in [1.807, 2.05) is 26.0 Å². The molecule has 4 amide bonds. The first-order valence-corrected chi connectivity index (χ1v) is 9.50. The summed E-state index contributed by atoms with van der Waals surface area (Å²) in [7, 11) is 0. The van der Waals surface area contributed by atoms with Crippen molar-refractivity contribution in [3.8, 4) is 0 Å². The maximum absolute atomic E-state index is 12.9. The number of nitrogens with zero attached hydrogens (tertiary/aromatic N) is 1. The second-order valence-corrected chi connectivity index (χ2v) is 7.50. The minimum absolute atomic E-state index is 0.201. The van der Waals surface area contributed by atoms with E-state index < -0.39 is 11.9 Å². The highest BCUT2D eigenvalue weighted by molar-refractivity contribution is 6.09. The highest BCUT2D eigenvalue weighted by atomic mass is 16.2. The number of aryl methyl sites for hydroxylation is 2. The predicted octanol–water partition coefficient (Wildman–Crippen LogP) is 2.32. The van der Waals surface area contributed by atoms with E-state index in [0.29, 0.717) is 28.8 Å². The van der Waals surface area contributed by atoms with Crippen molar-refractivity contribution in [2.45, 2.75) is 39.3 Å². The Balaban J connectivity index is 1.59. The number of carbonyl (C=O) groups excluding carboxylic acids is 4. The highest BCUT2D eigenvalue weighted by Gasteiger charge is 2.39. The fraction of sp³-hybridized carbons (Fsp3) is 0.273. The van der Waals surface area contributed by atoms with Gasteiger partial charge < -0.3 is 10.2 Å². The SMILES string of the molecule is Cc1ccc(C(=O)Nc2cccc3c2CN(C2CCC(=O)NC2=O)C3=O)c(C)c1. The maximum atomic E-state index is 12.9. The number of hydrogen-bond donors (Lipinski definition) is 2. The van der Waals surface area contributed by atoms with Crippen LogP contribution in [0.15, 0.2) is 36.4 Å². The van der Waals surface area contributed by atoms with Crippen LogP contribution in [0.25, 0.3) is 0 Å². The van der Waals surface area contributed by atoms with Crippen LogP contribution in [0.4, 0.5) is 5.69 Å². The molecule has 2 N–H and O–H groups in total. The lowest BCUT2D eigenvalue weighted by Gasteiger charge is -2.29. The van der Waals surface area contributed by atoms with E-state index in [4.69, 9.17) is 0 Å². The molecule has 2 aliphatic rings. The van der Waals surface area contributed by atoms with Crippen molar-refractivity contribution in [2.75, 3.05) is 5.32 Å². The number of imide groups is 1. The standard InChI is InChI=1S/C22H21N3O4/c1-12-6-7-14(13(2)10-12)20(27)23-17-5-3-4-15-16(17)11-25(22(15)29)18-8-9-19(26)24-21(18)28/h3-7,10,18H,8-9,11H2,1-2H3,(H,23,27)(H,24,26,28). The van der Waals surface area contributed by atoms with Crippen molar-refractivity contribution in [3.63, 3.8) is 0 Å². The van der Waals surface area contributed by atoms with E-state index in [2.05, 4.69) is 10.6 Å². The second-order valence-electron chi connectivity index (χ2n) is 7.50. The van der Waals surface area contributed by atoms with Crippen molar-refractivity contribution in [3.05, 3.63) is 64.2 Å². The van der Waals surface area contributed by atoms with Crippen LogP contribution in [0.5, 0.6) is 0 Å². The molecule has 29 heavy (non-hydrogen) atoms. The molecule has 2 aliphatic heterocycles. The normalized spacial score (nSPS) is 18.5. The van der Waals surface area contributed by atoms with Crippen LogP contribution < -0.4 is 10.6 Å². The molecule has 2 heterocycles. The monoisotopic (exact) mass is 391 g/mol. The molecule has 0 aromatic heterocycles. The number of rotatable bonds is 3. The lowest BCUT2D eigenvalue weighted by atomic mass is 10.0. The Bertz CT molecular complexity index is 1060. The Hall–Kier alpha value is -3.48. The summed E-state index contributed by atoms with van der Waals surface area (Å²) in [5.74, 6) is -1.29. The van der Waals surface area contributed by atoms with Crippen molar-refractivity contribution in [2.24, 2.45) is 0 Å². The summed E-state index contributed by atoms with van der Waals surface area (Å²) in [4.78, 5) is 50.7. The number of carbonyl (C=O) groups is 4. The summed E-state index contributed by atoms with van der Waals surface area (Å²) in [6.07, 6.45) is 0.501. The van der Waals surface area contributed by atoms with Crippen LogP contribution in [-0.4, -0.2) is 34.6 Å². The summed E-state index contributed by atoms with van der Waals surface area (Å²) in [6, 6.07) is 10.1. The minimum atomic E-state index is -0.685. The number of amides is 4. The minimum Gasteiger partial charge on any atom is -0.322 e. The maximum Gasteiger partial charge on any atom is 0.255 e. The fourth-order valence-electron chi connectivity index (χ4n) is 3.96. The number of nitrogens with one attached hydrogen (secondary N) is 2. The molecule has 4 rings (SSSR count). The number of anilines is 1. The van der Waals surface area contributed by atoms with Gasteiger partial charge in [-0.15, -0.1) is 0 Å². The van der Waals surface area contributed by atoms with Crippen LogP contribution in [0.3, 0.4) is 0 Å². The Morgan fingerprint density at radius 2 is 1.93 bits per heavy atom. The van der Waals surface area contributed by atoms with Gasteiger partial charge >= 0.3 is 0 Å². The van der Waals surface area contributed by atoms with E-state index in [-0.39, 0.29) is 30.7 Å². The second kappa shape index (κ2) is 7.16. The number of fused-ring (bicyclic) bond motifs is 1. The fourth-order valence-corrected chi connectivity index (χ4v) is 3.96. The smallest absolute Gasteiger partial charge is 0.255 e. The highest BCUT2D eigenvalue weighted by Crippen LogP contribution is 2.32. The van der Waals surface area contributed by atoms with Crippen molar-refractivity contribution >= 4 is 29.3 Å². The average Bonchev–Trinajstić information content (AvgIpc) is 2.99. The summed E-state index contributed by atoms with van der Waals surface area (Å²) in [6.45, 7) is 4.06. The van der Waals surface area contributed by atoms with Gasteiger partial charge in [-0.2, -0.15) is 0 Å². The topological polar surface area (TPSA) is 95.6 Å². The average molecular weight is 391 g/mol. The van der Waals surface area contributed by atoms with Crippen LogP contribution in [0, 0.1) is 13.8 Å². The summed E-state index contributed by atoms with van der Waals surface area (Å²) in [5, 5.41) is 5.20. The van der Waals surface area contributed by atoms with E-state index in [9.17, 15) is 19.2 Å². The van der Waals surface area contributed by atoms with Crippen LogP contribution in [0.1, 0.15) is 50.2 Å². The van der Waals surface area contributed by atoms with Gasteiger partial charge in [0, 0.05) is 35.3 Å². The molecule has 0 radical (unpaired) electrons. The Labute approximate surface area is 168 Å². The first kappa shape index (κ1) is 18.9. The molecule has 0 aliphatic carbocycles. The van der Waals surface area contributed by atoms with Crippen molar-refractivity contribution in [1.82, 2.24) is 10.2 Å². The third-order valence-corrected chi connectivity index (χ3v) is 5.46. The largest absolute Gasteiger partial charge is 0.322 e. The molecule has 7 heteroatoms. The van der Waals surface area contributed by atoms with Crippen LogP contribution in [-0.2, 0) is 16.1 Å². The first-order chi connectivity index (χ1) is 13.8. The zero-order chi connectivity index (χ0) is 20.7. The van der Waals surface area contributed by atoms with Gasteiger partial charge in [0.25, 0.3) is 11.8 Å². The number of hydrogen-bond acceptors (Lipinski definition) is 4. The molecule has 0 bridgehead atoms. The lowest BCUT2D eigenvalue weighted by Crippen LogP contribution is -2.52. The van der Waals surface area contributed by atoms with E-state index in [1.165, 1.54) is 4.90 Å². The van der Waals surface area contributed by atoms with E-state index in [1.54, 1.807) is 24.3 Å². The van der Waals surface area contributed by atoms with Gasteiger partial charge in [0.05, 0.1) is 0 Å². The third kappa shape index (κ3) is 3.40. The summed E-state index contributed by atoms with van der Waals surface area (Å²) in [5.41, 5.74) is 4.21. The van der Waals surface area contributed by atoms with Crippen LogP contribution >= 0.6 is 0 Å². The van der Waals surface area contributed by atoms with Crippen molar-refractivity contribution < 1.29 is 19.2 Å². The third-order valence-electron chi connectivity index (χ3n) is 5.46. The van der Waals surface area contributed by atoms with Crippen LogP contribution in [0.2, 0.25) is 0 Å². The van der Waals surface area contributed by atoms with E-state index in [0.717, 1.165) is 11.1 Å². The van der Waals surface area contributed by atoms with Gasteiger partial charge in [-0.25, -0.2) is 0 Å². The van der Waals surface area contributed by atoms with Gasteiger partial charge in [-0.3, -0.25) is 24.5 Å². The molecule has 1 atom stereocenters. The molecule has 0 spiro atoms. The van der Waals surface area contributed by atoms with Gasteiger partial charge in [-0.05, 0) is 44.0 Å². The Morgan fingerprint density at radius 1 is 1.14 bits per heavy atom. The molecular formula is C22H21N3O4. The Kier molecular flexibility index (Phi) is 4.66. The molecule has 148 valence electrons. The molecule has 2 aromatic carbocycles. The van der Waals surface area contributed by atoms with Gasteiger partial charge in [-0.1, -0.05) is 23.8 Å². The molecule has 7 nitrogen and oxygen atoms in total. The summed E-state index contributed by atoms with van der Waals surface area (Å²) < 4.78 is 0. The molecule has 2 aromatic rings. The quantitative estimate of drug-likeness (QED) is 0.785. The Morgan fingerprint density at radius 3 is 2.66 bits per heavy atom. The molecule has 1 saturated heterocycles.